The van der Waals surface area contributed by atoms with Gasteiger partial charge in [0.15, 0.2) is 5.96 Å². The minimum Gasteiger partial charge on any atom is -0.368 e. The zero-order valence-corrected chi connectivity index (χ0v) is 19.6. The number of nitrogens with one attached hydrogen (secondary N) is 1. The number of guanidine groups is 1. The average Bonchev–Trinajstić information content (AvgIpc) is 3.26. The lowest BCUT2D eigenvalue weighted by Gasteiger charge is -2.37. The molecule has 7 heteroatoms. The van der Waals surface area contributed by atoms with Crippen LogP contribution < -0.4 is 5.32 Å². The molecule has 1 aromatic carbocycles. The highest BCUT2D eigenvalue weighted by Gasteiger charge is 2.30. The average molecular weight is 442 g/mol. The van der Waals surface area contributed by atoms with E-state index in [9.17, 15) is 4.79 Å². The molecule has 3 aliphatic heterocycles. The molecule has 3 fully saturated rings. The normalized spacial score (nSPS) is 23.3. The lowest BCUT2D eigenvalue weighted by molar-refractivity contribution is -0.142. The van der Waals surface area contributed by atoms with Gasteiger partial charge in [-0.2, -0.15) is 0 Å². The quantitative estimate of drug-likeness (QED) is 0.562. The molecule has 0 aromatic heterocycles. The molecule has 0 bridgehead atoms. The van der Waals surface area contributed by atoms with Gasteiger partial charge in [-0.3, -0.25) is 14.7 Å². The number of nitrogens with zero attached hydrogens (tertiary/aromatic N) is 4. The number of likely N-dealkylation sites (tertiary alicyclic amines) is 1. The lowest BCUT2D eigenvalue weighted by Crippen LogP contribution is -2.55. The zero-order chi connectivity index (χ0) is 22.2. The summed E-state index contributed by atoms with van der Waals surface area (Å²) in [5.41, 5.74) is 2.66. The minimum atomic E-state index is -0.221. The summed E-state index contributed by atoms with van der Waals surface area (Å²) in [7, 11) is 1.83. The van der Waals surface area contributed by atoms with Crippen molar-refractivity contribution < 1.29 is 9.53 Å². The van der Waals surface area contributed by atoms with Gasteiger partial charge in [0.2, 0.25) is 0 Å². The summed E-state index contributed by atoms with van der Waals surface area (Å²) in [6.45, 7) is 8.04. The first-order chi connectivity index (χ1) is 15.7. The van der Waals surface area contributed by atoms with E-state index in [4.69, 9.17) is 4.74 Å². The van der Waals surface area contributed by atoms with Crippen LogP contribution in [0.2, 0.25) is 0 Å². The standard InChI is InChI=1S/C25H39N5O2/c1-26-25(30-16-14-29(15-17-30)24(31)23-7-6-18-32-23)27-19-21-8-10-22(11-9-21)20-28-12-4-2-3-5-13-28/h8-11,23H,2-7,12-20H2,1H3,(H,26,27). The topological polar surface area (TPSA) is 60.4 Å². The van der Waals surface area contributed by atoms with Crippen molar-refractivity contribution in [2.45, 2.75) is 57.7 Å². The Morgan fingerprint density at radius 2 is 1.59 bits per heavy atom. The number of aliphatic imine (C=N–C) groups is 1. The summed E-state index contributed by atoms with van der Waals surface area (Å²) in [4.78, 5) is 23.8. The molecular weight excluding hydrogens is 402 g/mol. The molecule has 0 saturated carbocycles. The number of ether oxygens (including phenoxy) is 1. The van der Waals surface area contributed by atoms with Crippen molar-refractivity contribution in [3.8, 4) is 0 Å². The first kappa shape index (κ1) is 23.1. The van der Waals surface area contributed by atoms with Crippen molar-refractivity contribution in [1.29, 1.82) is 0 Å². The summed E-state index contributed by atoms with van der Waals surface area (Å²) >= 11 is 0. The molecule has 1 amide bonds. The number of carbonyl (C=O) groups is 1. The Balaban J connectivity index is 1.22. The fourth-order valence-electron chi connectivity index (χ4n) is 4.94. The third kappa shape index (κ3) is 6.23. The Morgan fingerprint density at radius 3 is 2.22 bits per heavy atom. The van der Waals surface area contributed by atoms with Gasteiger partial charge >= 0.3 is 0 Å². The molecule has 1 N–H and O–H groups in total. The Labute approximate surface area is 192 Å². The SMILES string of the molecule is CN=C(NCc1ccc(CN2CCCCCC2)cc1)N1CCN(C(=O)C2CCCO2)CC1. The number of benzene rings is 1. The lowest BCUT2D eigenvalue weighted by atomic mass is 10.1. The van der Waals surface area contributed by atoms with Crippen LogP contribution in [0.3, 0.4) is 0 Å². The highest BCUT2D eigenvalue weighted by Crippen LogP contribution is 2.16. The van der Waals surface area contributed by atoms with Crippen LogP contribution in [0.25, 0.3) is 0 Å². The van der Waals surface area contributed by atoms with E-state index in [0.29, 0.717) is 6.61 Å². The number of hydrogen-bond donors (Lipinski definition) is 1. The maximum Gasteiger partial charge on any atom is 0.251 e. The van der Waals surface area contributed by atoms with Crippen molar-refractivity contribution in [2.75, 3.05) is 52.9 Å². The number of amides is 1. The summed E-state index contributed by atoms with van der Waals surface area (Å²) in [6, 6.07) is 8.98. The molecule has 0 radical (unpaired) electrons. The molecule has 1 unspecified atom stereocenters. The minimum absolute atomic E-state index is 0.158. The van der Waals surface area contributed by atoms with Crippen molar-refractivity contribution >= 4 is 11.9 Å². The molecule has 3 saturated heterocycles. The van der Waals surface area contributed by atoms with E-state index in [1.165, 1.54) is 49.9 Å². The largest absolute Gasteiger partial charge is 0.368 e. The van der Waals surface area contributed by atoms with Gasteiger partial charge in [-0.25, -0.2) is 0 Å². The van der Waals surface area contributed by atoms with Crippen LogP contribution in [0.4, 0.5) is 0 Å². The van der Waals surface area contributed by atoms with Gasteiger partial charge in [-0.1, -0.05) is 37.1 Å². The highest BCUT2D eigenvalue weighted by molar-refractivity contribution is 5.82. The van der Waals surface area contributed by atoms with Crippen LogP contribution in [0.1, 0.15) is 49.7 Å². The molecule has 0 aliphatic carbocycles. The summed E-state index contributed by atoms with van der Waals surface area (Å²) in [6.07, 6.45) is 7.05. The molecule has 7 nitrogen and oxygen atoms in total. The Bertz CT molecular complexity index is 744. The molecule has 4 rings (SSSR count). The fourth-order valence-corrected chi connectivity index (χ4v) is 4.94. The smallest absolute Gasteiger partial charge is 0.251 e. The van der Waals surface area contributed by atoms with Crippen LogP contribution in [-0.4, -0.2) is 85.6 Å². The van der Waals surface area contributed by atoms with E-state index < -0.39 is 0 Å². The maximum absolute atomic E-state index is 12.6. The third-order valence-corrected chi connectivity index (χ3v) is 6.89. The molecule has 1 aromatic rings. The van der Waals surface area contributed by atoms with Gasteiger partial charge in [0.25, 0.3) is 5.91 Å². The summed E-state index contributed by atoms with van der Waals surface area (Å²) < 4.78 is 5.56. The molecule has 1 atom stereocenters. The fraction of sp³-hybridized carbons (Fsp3) is 0.680. The third-order valence-electron chi connectivity index (χ3n) is 6.89. The van der Waals surface area contributed by atoms with Crippen molar-refractivity contribution in [3.05, 3.63) is 35.4 Å². The van der Waals surface area contributed by atoms with Crippen molar-refractivity contribution in [2.24, 2.45) is 4.99 Å². The predicted octanol–water partition coefficient (Wildman–Crippen LogP) is 2.46. The Kier molecular flexibility index (Phi) is 8.40. The molecule has 32 heavy (non-hydrogen) atoms. The second-order valence-corrected chi connectivity index (χ2v) is 9.22. The second-order valence-electron chi connectivity index (χ2n) is 9.22. The molecule has 0 spiro atoms. The van der Waals surface area contributed by atoms with Gasteiger partial charge in [-0.05, 0) is 49.9 Å². The van der Waals surface area contributed by atoms with Gasteiger partial charge in [0.05, 0.1) is 0 Å². The zero-order valence-electron chi connectivity index (χ0n) is 19.6. The van der Waals surface area contributed by atoms with E-state index in [2.05, 4.69) is 44.4 Å². The van der Waals surface area contributed by atoms with E-state index in [1.54, 1.807) is 0 Å². The number of piperazine rings is 1. The first-order valence-electron chi connectivity index (χ1n) is 12.4. The Morgan fingerprint density at radius 1 is 0.938 bits per heavy atom. The molecule has 176 valence electrons. The molecule has 3 aliphatic rings. The van der Waals surface area contributed by atoms with Gasteiger partial charge < -0.3 is 19.9 Å². The van der Waals surface area contributed by atoms with Crippen molar-refractivity contribution in [1.82, 2.24) is 20.0 Å². The van der Waals surface area contributed by atoms with Crippen LogP contribution >= 0.6 is 0 Å². The van der Waals surface area contributed by atoms with E-state index in [-0.39, 0.29) is 12.0 Å². The number of rotatable bonds is 5. The van der Waals surface area contributed by atoms with Crippen LogP contribution in [0.5, 0.6) is 0 Å². The van der Waals surface area contributed by atoms with Crippen LogP contribution in [-0.2, 0) is 22.6 Å². The summed E-state index contributed by atoms with van der Waals surface area (Å²) in [5, 5.41) is 3.50. The van der Waals surface area contributed by atoms with Crippen molar-refractivity contribution in [3.63, 3.8) is 0 Å². The van der Waals surface area contributed by atoms with Crippen LogP contribution in [0, 0.1) is 0 Å². The highest BCUT2D eigenvalue weighted by atomic mass is 16.5. The molecular formula is C25H39N5O2. The predicted molar refractivity (Wildman–Crippen MR) is 128 cm³/mol. The monoisotopic (exact) mass is 441 g/mol. The number of carbonyl (C=O) groups excluding carboxylic acids is 1. The van der Waals surface area contributed by atoms with Gasteiger partial charge in [-0.15, -0.1) is 0 Å². The van der Waals surface area contributed by atoms with Gasteiger partial charge in [0.1, 0.15) is 6.10 Å². The summed E-state index contributed by atoms with van der Waals surface area (Å²) in [5.74, 6) is 1.06. The van der Waals surface area contributed by atoms with E-state index in [0.717, 1.165) is 58.1 Å². The second kappa shape index (κ2) is 11.7. The maximum atomic E-state index is 12.6. The van der Waals surface area contributed by atoms with E-state index >= 15 is 0 Å². The van der Waals surface area contributed by atoms with Crippen LogP contribution in [0.15, 0.2) is 29.3 Å². The van der Waals surface area contributed by atoms with Gasteiger partial charge in [0, 0.05) is 52.9 Å². The first-order valence-corrected chi connectivity index (χ1v) is 12.4. The van der Waals surface area contributed by atoms with E-state index in [1.807, 2.05) is 11.9 Å². The molecule has 3 heterocycles. The Hall–Kier alpha value is -2.12. The number of hydrogen-bond acceptors (Lipinski definition) is 4.